The van der Waals surface area contributed by atoms with Crippen molar-refractivity contribution in [1.82, 2.24) is 19.6 Å². The summed E-state index contributed by atoms with van der Waals surface area (Å²) in [5.74, 6) is 1.62. The number of hydrogen-bond acceptors (Lipinski definition) is 8. The highest BCUT2D eigenvalue weighted by molar-refractivity contribution is 5.76. The van der Waals surface area contributed by atoms with Crippen molar-refractivity contribution in [3.8, 4) is 11.6 Å². The van der Waals surface area contributed by atoms with Crippen molar-refractivity contribution in [3.63, 3.8) is 0 Å². The van der Waals surface area contributed by atoms with Gasteiger partial charge in [0.1, 0.15) is 12.1 Å². The summed E-state index contributed by atoms with van der Waals surface area (Å²) in [4.78, 5) is 11.1. The fourth-order valence-electron chi connectivity index (χ4n) is 3.36. The first-order valence-corrected chi connectivity index (χ1v) is 8.88. The molecule has 4 rings (SSSR count). The molecule has 9 nitrogen and oxygen atoms in total. The third-order valence-electron chi connectivity index (χ3n) is 4.69. The van der Waals surface area contributed by atoms with Crippen molar-refractivity contribution in [2.75, 3.05) is 37.5 Å². The molecule has 9 heteroatoms. The molecule has 1 unspecified atom stereocenters. The van der Waals surface area contributed by atoms with E-state index in [1.54, 1.807) is 18.7 Å². The van der Waals surface area contributed by atoms with Crippen LogP contribution in [0.3, 0.4) is 0 Å². The standard InChI is InChI=1S/C18H23N7O2/c1-26-15-5-6-16(23-18(15)27-2)22-14-8-13(10-25-17(14)20-11-21-25)24-7-3-4-12(19)9-24/h5-6,8,10-12H,3-4,7,9,19H2,1-2H3,(H,22,23). The molecule has 0 aromatic carbocycles. The van der Waals surface area contributed by atoms with E-state index in [1.807, 2.05) is 18.3 Å². The molecule has 0 spiro atoms. The molecule has 3 N–H and O–H groups in total. The van der Waals surface area contributed by atoms with Gasteiger partial charge in [-0.2, -0.15) is 10.1 Å². The van der Waals surface area contributed by atoms with Gasteiger partial charge in [-0.05, 0) is 31.0 Å². The van der Waals surface area contributed by atoms with Gasteiger partial charge < -0.3 is 25.4 Å². The topological polar surface area (TPSA) is 103 Å². The molecule has 0 radical (unpaired) electrons. The van der Waals surface area contributed by atoms with Gasteiger partial charge in [-0.25, -0.2) is 9.50 Å². The highest BCUT2D eigenvalue weighted by atomic mass is 16.5. The number of aromatic nitrogens is 4. The number of methoxy groups -OCH3 is 2. The first-order valence-electron chi connectivity index (χ1n) is 8.88. The molecular weight excluding hydrogens is 346 g/mol. The number of piperidine rings is 1. The van der Waals surface area contributed by atoms with E-state index in [9.17, 15) is 0 Å². The van der Waals surface area contributed by atoms with Gasteiger partial charge in [0.15, 0.2) is 11.4 Å². The number of hydrogen-bond donors (Lipinski definition) is 2. The van der Waals surface area contributed by atoms with Crippen molar-refractivity contribution in [2.24, 2.45) is 5.73 Å². The highest BCUT2D eigenvalue weighted by Gasteiger charge is 2.19. The average Bonchev–Trinajstić information content (AvgIpc) is 3.17. The maximum absolute atomic E-state index is 6.15. The van der Waals surface area contributed by atoms with Gasteiger partial charge in [0, 0.05) is 19.1 Å². The maximum Gasteiger partial charge on any atom is 0.258 e. The van der Waals surface area contributed by atoms with Crippen LogP contribution >= 0.6 is 0 Å². The van der Waals surface area contributed by atoms with Gasteiger partial charge in [0.25, 0.3) is 5.88 Å². The highest BCUT2D eigenvalue weighted by Crippen LogP contribution is 2.30. The molecule has 4 heterocycles. The second-order valence-corrected chi connectivity index (χ2v) is 6.52. The Morgan fingerprint density at radius 2 is 2.15 bits per heavy atom. The van der Waals surface area contributed by atoms with Crippen LogP contribution in [0.1, 0.15) is 12.8 Å². The fraction of sp³-hybridized carbons (Fsp3) is 0.389. The third kappa shape index (κ3) is 3.45. The van der Waals surface area contributed by atoms with Crippen molar-refractivity contribution in [1.29, 1.82) is 0 Å². The zero-order valence-corrected chi connectivity index (χ0v) is 15.4. The molecule has 142 valence electrons. The van der Waals surface area contributed by atoms with E-state index in [0.717, 1.165) is 43.0 Å². The van der Waals surface area contributed by atoms with Crippen LogP contribution in [0.2, 0.25) is 0 Å². The van der Waals surface area contributed by atoms with Crippen molar-refractivity contribution in [2.45, 2.75) is 18.9 Å². The third-order valence-corrected chi connectivity index (χ3v) is 4.69. The van der Waals surface area contributed by atoms with Gasteiger partial charge >= 0.3 is 0 Å². The fourth-order valence-corrected chi connectivity index (χ4v) is 3.36. The second kappa shape index (κ2) is 7.28. The second-order valence-electron chi connectivity index (χ2n) is 6.52. The van der Waals surface area contributed by atoms with E-state index in [4.69, 9.17) is 15.2 Å². The first kappa shape index (κ1) is 17.3. The normalized spacial score (nSPS) is 17.1. The van der Waals surface area contributed by atoms with Gasteiger partial charge in [-0.3, -0.25) is 0 Å². The van der Waals surface area contributed by atoms with Crippen LogP contribution in [-0.4, -0.2) is 52.9 Å². The summed E-state index contributed by atoms with van der Waals surface area (Å²) in [6, 6.07) is 5.88. The predicted molar refractivity (Wildman–Crippen MR) is 103 cm³/mol. The SMILES string of the molecule is COc1ccc(Nc2cc(N3CCCC(N)C3)cn3ncnc23)nc1OC. The number of rotatable bonds is 5. The lowest BCUT2D eigenvalue weighted by molar-refractivity contribution is 0.343. The molecule has 0 bridgehead atoms. The molecule has 1 atom stereocenters. The zero-order valence-electron chi connectivity index (χ0n) is 15.4. The molecule has 27 heavy (non-hydrogen) atoms. The molecule has 1 saturated heterocycles. The lowest BCUT2D eigenvalue weighted by Crippen LogP contribution is -2.42. The molecule has 1 aliphatic heterocycles. The molecule has 3 aromatic heterocycles. The van der Waals surface area contributed by atoms with Crippen LogP contribution in [-0.2, 0) is 0 Å². The van der Waals surface area contributed by atoms with Crippen LogP contribution < -0.4 is 25.4 Å². The molecule has 0 saturated carbocycles. The molecule has 1 fully saturated rings. The van der Waals surface area contributed by atoms with E-state index in [1.165, 1.54) is 6.33 Å². The summed E-state index contributed by atoms with van der Waals surface area (Å²) in [5, 5.41) is 7.62. The first-order chi connectivity index (χ1) is 13.2. The Morgan fingerprint density at radius 1 is 1.26 bits per heavy atom. The summed E-state index contributed by atoms with van der Waals surface area (Å²) in [5.41, 5.74) is 8.72. The maximum atomic E-state index is 6.15. The Kier molecular flexibility index (Phi) is 4.68. The number of nitrogens with zero attached hydrogens (tertiary/aromatic N) is 5. The average molecular weight is 369 g/mol. The summed E-state index contributed by atoms with van der Waals surface area (Å²) < 4.78 is 12.3. The molecule has 1 aliphatic rings. The van der Waals surface area contributed by atoms with E-state index in [2.05, 4.69) is 31.3 Å². The Hall–Kier alpha value is -3.07. The Balaban J connectivity index is 1.69. The number of fused-ring (bicyclic) bond motifs is 1. The van der Waals surface area contributed by atoms with E-state index in [-0.39, 0.29) is 6.04 Å². The summed E-state index contributed by atoms with van der Waals surface area (Å²) in [6.45, 7) is 1.80. The van der Waals surface area contributed by atoms with E-state index >= 15 is 0 Å². The van der Waals surface area contributed by atoms with Crippen LogP contribution in [0.25, 0.3) is 5.65 Å². The van der Waals surface area contributed by atoms with Gasteiger partial charge in [-0.15, -0.1) is 0 Å². The van der Waals surface area contributed by atoms with E-state index in [0.29, 0.717) is 17.4 Å². The van der Waals surface area contributed by atoms with Gasteiger partial charge in [0.05, 0.1) is 31.8 Å². The monoisotopic (exact) mass is 369 g/mol. The van der Waals surface area contributed by atoms with Crippen LogP contribution in [0.4, 0.5) is 17.2 Å². The largest absolute Gasteiger partial charge is 0.491 e. The van der Waals surface area contributed by atoms with Crippen molar-refractivity contribution in [3.05, 3.63) is 30.7 Å². The minimum Gasteiger partial charge on any atom is -0.491 e. The van der Waals surface area contributed by atoms with Gasteiger partial charge in [0.2, 0.25) is 0 Å². The van der Waals surface area contributed by atoms with Gasteiger partial charge in [-0.1, -0.05) is 0 Å². The Labute approximate surface area is 157 Å². The summed E-state index contributed by atoms with van der Waals surface area (Å²) >= 11 is 0. The number of nitrogens with two attached hydrogens (primary N) is 1. The van der Waals surface area contributed by atoms with E-state index < -0.39 is 0 Å². The molecule has 0 aliphatic carbocycles. The number of nitrogens with one attached hydrogen (secondary N) is 1. The minimum atomic E-state index is 0.189. The number of ether oxygens (including phenoxy) is 2. The predicted octanol–water partition coefficient (Wildman–Crippen LogP) is 1.81. The number of anilines is 3. The Morgan fingerprint density at radius 3 is 2.93 bits per heavy atom. The van der Waals surface area contributed by atoms with Crippen LogP contribution in [0, 0.1) is 0 Å². The summed E-state index contributed by atoms with van der Waals surface area (Å²) in [7, 11) is 3.14. The molecular formula is C18H23N7O2. The van der Waals surface area contributed by atoms with Crippen LogP contribution in [0.5, 0.6) is 11.6 Å². The lowest BCUT2D eigenvalue weighted by Gasteiger charge is -2.32. The lowest BCUT2D eigenvalue weighted by atomic mass is 10.1. The zero-order chi connectivity index (χ0) is 18.8. The minimum absolute atomic E-state index is 0.189. The molecule has 3 aromatic rings. The van der Waals surface area contributed by atoms with Crippen molar-refractivity contribution >= 4 is 22.8 Å². The number of pyridine rings is 2. The quantitative estimate of drug-likeness (QED) is 0.702. The summed E-state index contributed by atoms with van der Waals surface area (Å²) in [6.07, 6.45) is 5.65. The van der Waals surface area contributed by atoms with Crippen LogP contribution in [0.15, 0.2) is 30.7 Å². The Bertz CT molecular complexity index is 943. The molecule has 0 amide bonds. The van der Waals surface area contributed by atoms with Crippen molar-refractivity contribution < 1.29 is 9.47 Å². The smallest absolute Gasteiger partial charge is 0.258 e.